The maximum Gasteiger partial charge on any atom is 0.203 e. The predicted octanol–water partition coefficient (Wildman–Crippen LogP) is 5.76. The van der Waals surface area contributed by atoms with E-state index in [0.717, 1.165) is 14.8 Å². The Labute approximate surface area is 158 Å². The quantitative estimate of drug-likeness (QED) is 0.213. The molecule has 0 bridgehead atoms. The Morgan fingerprint density at radius 2 is 2.04 bits per heavy atom. The topological polar surface area (TPSA) is 37.3 Å². The summed E-state index contributed by atoms with van der Waals surface area (Å²) in [6, 6.07) is 13.1. The van der Waals surface area contributed by atoms with Crippen molar-refractivity contribution < 1.29 is 4.39 Å². The van der Waals surface area contributed by atoms with Crippen LogP contribution in [0.3, 0.4) is 0 Å². The standard InChI is InChI=1S/C16H10BrFIN3S/c17-12-7-14(19)11(6-13(12)18)8-20-22-16-21-15(9-23-16)10-4-2-1-3-5-10/h1-9H,(H,21,22). The van der Waals surface area contributed by atoms with E-state index in [1.807, 2.05) is 35.7 Å². The van der Waals surface area contributed by atoms with Gasteiger partial charge in [0.2, 0.25) is 5.13 Å². The van der Waals surface area contributed by atoms with Gasteiger partial charge in [-0.15, -0.1) is 11.3 Å². The maximum absolute atomic E-state index is 13.6. The summed E-state index contributed by atoms with van der Waals surface area (Å²) in [6.07, 6.45) is 1.58. The Hall–Kier alpha value is -1.32. The molecule has 7 heteroatoms. The molecule has 0 radical (unpaired) electrons. The van der Waals surface area contributed by atoms with E-state index >= 15 is 0 Å². The van der Waals surface area contributed by atoms with Gasteiger partial charge in [-0.3, -0.25) is 5.43 Å². The Balaban J connectivity index is 1.72. The van der Waals surface area contributed by atoms with Gasteiger partial charge in [0.05, 0.1) is 16.4 Å². The first-order valence-electron chi connectivity index (χ1n) is 6.58. The number of halogens is 3. The van der Waals surface area contributed by atoms with Gasteiger partial charge in [-0.05, 0) is 50.7 Å². The number of thiazole rings is 1. The first-order valence-corrected chi connectivity index (χ1v) is 9.33. The van der Waals surface area contributed by atoms with E-state index in [1.54, 1.807) is 12.3 Å². The van der Waals surface area contributed by atoms with E-state index in [0.29, 0.717) is 15.2 Å². The van der Waals surface area contributed by atoms with Crippen molar-refractivity contribution in [1.29, 1.82) is 0 Å². The van der Waals surface area contributed by atoms with Crippen molar-refractivity contribution in [3.63, 3.8) is 0 Å². The first-order chi connectivity index (χ1) is 11.1. The highest BCUT2D eigenvalue weighted by Gasteiger charge is 2.05. The molecule has 0 aliphatic heterocycles. The maximum atomic E-state index is 13.6. The fourth-order valence-electron chi connectivity index (χ4n) is 1.86. The number of hydrogen-bond acceptors (Lipinski definition) is 4. The van der Waals surface area contributed by atoms with E-state index in [-0.39, 0.29) is 5.82 Å². The highest BCUT2D eigenvalue weighted by atomic mass is 127. The van der Waals surface area contributed by atoms with Crippen molar-refractivity contribution in [1.82, 2.24) is 4.98 Å². The zero-order valence-electron chi connectivity index (χ0n) is 11.6. The van der Waals surface area contributed by atoms with Crippen LogP contribution in [0.2, 0.25) is 0 Å². The van der Waals surface area contributed by atoms with Gasteiger partial charge in [-0.1, -0.05) is 30.3 Å². The Morgan fingerprint density at radius 1 is 1.26 bits per heavy atom. The molecular weight excluding hydrogens is 492 g/mol. The fraction of sp³-hybridized carbons (Fsp3) is 0. The molecule has 0 amide bonds. The van der Waals surface area contributed by atoms with E-state index in [2.05, 4.69) is 54.0 Å². The van der Waals surface area contributed by atoms with Gasteiger partial charge in [0.1, 0.15) is 5.82 Å². The summed E-state index contributed by atoms with van der Waals surface area (Å²) in [6.45, 7) is 0. The van der Waals surface area contributed by atoms with Crippen molar-refractivity contribution in [3.8, 4) is 11.3 Å². The molecule has 1 aromatic heterocycles. The van der Waals surface area contributed by atoms with E-state index in [1.165, 1.54) is 17.4 Å². The van der Waals surface area contributed by atoms with Crippen LogP contribution in [0.25, 0.3) is 11.3 Å². The third-order valence-electron chi connectivity index (χ3n) is 2.98. The summed E-state index contributed by atoms with van der Waals surface area (Å²) >= 11 is 6.77. The lowest BCUT2D eigenvalue weighted by molar-refractivity contribution is 0.620. The number of anilines is 1. The third-order valence-corrected chi connectivity index (χ3v) is 5.27. The van der Waals surface area contributed by atoms with Crippen LogP contribution in [0.5, 0.6) is 0 Å². The van der Waals surface area contributed by atoms with Crippen LogP contribution < -0.4 is 5.43 Å². The number of hydrazone groups is 1. The molecule has 0 saturated heterocycles. The molecule has 0 fully saturated rings. The van der Waals surface area contributed by atoms with Crippen molar-refractivity contribution in [2.75, 3.05) is 5.43 Å². The summed E-state index contributed by atoms with van der Waals surface area (Å²) in [5.74, 6) is -0.313. The molecule has 1 N–H and O–H groups in total. The first kappa shape index (κ1) is 16.5. The molecule has 23 heavy (non-hydrogen) atoms. The molecule has 0 unspecified atom stereocenters. The van der Waals surface area contributed by atoms with Gasteiger partial charge in [-0.25, -0.2) is 9.37 Å². The van der Waals surface area contributed by atoms with Crippen LogP contribution in [0.15, 0.2) is 57.4 Å². The van der Waals surface area contributed by atoms with Crippen molar-refractivity contribution >= 4 is 61.2 Å². The average Bonchev–Trinajstić information content (AvgIpc) is 3.02. The molecular formula is C16H10BrFIN3S. The molecule has 116 valence electrons. The average molecular weight is 502 g/mol. The third kappa shape index (κ3) is 4.15. The number of nitrogens with zero attached hydrogens (tertiary/aromatic N) is 2. The summed E-state index contributed by atoms with van der Waals surface area (Å²) in [4.78, 5) is 4.48. The Bertz CT molecular complexity index is 852. The van der Waals surface area contributed by atoms with E-state index in [4.69, 9.17) is 0 Å². The Morgan fingerprint density at radius 3 is 2.83 bits per heavy atom. The van der Waals surface area contributed by atoms with E-state index in [9.17, 15) is 4.39 Å². The Kier molecular flexibility index (Phi) is 5.39. The molecule has 2 aromatic carbocycles. The van der Waals surface area contributed by atoms with Crippen LogP contribution in [0.4, 0.5) is 9.52 Å². The van der Waals surface area contributed by atoms with Gasteiger partial charge in [0.25, 0.3) is 0 Å². The van der Waals surface area contributed by atoms with Gasteiger partial charge < -0.3 is 0 Å². The summed E-state index contributed by atoms with van der Waals surface area (Å²) in [5.41, 5.74) is 5.55. The zero-order valence-corrected chi connectivity index (χ0v) is 16.2. The second-order valence-electron chi connectivity index (χ2n) is 4.56. The van der Waals surface area contributed by atoms with Crippen molar-refractivity contribution in [3.05, 3.63) is 67.3 Å². The van der Waals surface area contributed by atoms with Gasteiger partial charge in [0.15, 0.2) is 0 Å². The number of nitrogens with one attached hydrogen (secondary N) is 1. The molecule has 0 saturated carbocycles. The fourth-order valence-corrected chi connectivity index (χ4v) is 3.91. The molecule has 0 aliphatic carbocycles. The van der Waals surface area contributed by atoms with Gasteiger partial charge in [0, 0.05) is 20.1 Å². The van der Waals surface area contributed by atoms with Crippen molar-refractivity contribution in [2.45, 2.75) is 0 Å². The van der Waals surface area contributed by atoms with Crippen molar-refractivity contribution in [2.24, 2.45) is 5.10 Å². The molecule has 0 atom stereocenters. The van der Waals surface area contributed by atoms with Crippen LogP contribution in [-0.2, 0) is 0 Å². The lowest BCUT2D eigenvalue weighted by Gasteiger charge is -2.01. The van der Waals surface area contributed by atoms with Gasteiger partial charge >= 0.3 is 0 Å². The van der Waals surface area contributed by atoms with Crippen LogP contribution in [0, 0.1) is 9.39 Å². The second-order valence-corrected chi connectivity index (χ2v) is 7.44. The zero-order chi connectivity index (χ0) is 16.2. The predicted molar refractivity (Wildman–Crippen MR) is 106 cm³/mol. The highest BCUT2D eigenvalue weighted by molar-refractivity contribution is 14.1. The summed E-state index contributed by atoms with van der Waals surface area (Å²) in [5, 5.41) is 6.79. The summed E-state index contributed by atoms with van der Waals surface area (Å²) in [7, 11) is 0. The SMILES string of the molecule is Fc1cc(C=NNc2nc(-c3ccccc3)cs2)c(I)cc1Br. The molecule has 3 aromatic rings. The molecule has 3 rings (SSSR count). The van der Waals surface area contributed by atoms with Crippen LogP contribution >= 0.6 is 49.9 Å². The van der Waals surface area contributed by atoms with E-state index < -0.39 is 0 Å². The minimum atomic E-state index is -0.313. The second kappa shape index (κ2) is 7.50. The van der Waals surface area contributed by atoms with Crippen LogP contribution in [0.1, 0.15) is 5.56 Å². The minimum absolute atomic E-state index is 0.313. The highest BCUT2D eigenvalue weighted by Crippen LogP contribution is 2.25. The number of hydrogen-bond donors (Lipinski definition) is 1. The minimum Gasteiger partial charge on any atom is -0.253 e. The largest absolute Gasteiger partial charge is 0.253 e. The molecule has 0 spiro atoms. The van der Waals surface area contributed by atoms with Gasteiger partial charge in [-0.2, -0.15) is 5.10 Å². The monoisotopic (exact) mass is 501 g/mol. The van der Waals surface area contributed by atoms with Crippen LogP contribution in [-0.4, -0.2) is 11.2 Å². The molecule has 1 heterocycles. The normalized spacial score (nSPS) is 11.1. The lowest BCUT2D eigenvalue weighted by Crippen LogP contribution is -1.94. The molecule has 3 nitrogen and oxygen atoms in total. The molecule has 0 aliphatic rings. The lowest BCUT2D eigenvalue weighted by atomic mass is 10.2. The number of aromatic nitrogens is 1. The number of rotatable bonds is 4. The number of benzene rings is 2. The smallest absolute Gasteiger partial charge is 0.203 e. The summed E-state index contributed by atoms with van der Waals surface area (Å²) < 4.78 is 14.9.